The normalized spacial score (nSPS) is 11.1. The summed E-state index contributed by atoms with van der Waals surface area (Å²) in [6.45, 7) is 3.66. The van der Waals surface area contributed by atoms with E-state index in [-0.39, 0.29) is 18.4 Å². The number of ether oxygens (including phenoxy) is 3. The molecule has 0 heterocycles. The Hall–Kier alpha value is -1.39. The van der Waals surface area contributed by atoms with Gasteiger partial charge in [-0.1, -0.05) is 6.08 Å². The van der Waals surface area contributed by atoms with Gasteiger partial charge in [-0.3, -0.25) is 0 Å². The second-order valence-corrected chi connectivity index (χ2v) is 3.19. The van der Waals surface area contributed by atoms with Crippen LogP contribution in [0.15, 0.2) is 24.8 Å². The molecule has 0 bridgehead atoms. The monoisotopic (exact) mass is 259 g/mol. The van der Waals surface area contributed by atoms with Crippen molar-refractivity contribution in [1.82, 2.24) is 0 Å². The first-order valence-electron chi connectivity index (χ1n) is 4.86. The third-order valence-corrected chi connectivity index (χ3v) is 2.35. The van der Waals surface area contributed by atoms with Crippen LogP contribution in [-0.4, -0.2) is 21.3 Å². The van der Waals surface area contributed by atoms with Crippen molar-refractivity contribution in [3.05, 3.63) is 30.4 Å². The topological polar surface area (TPSA) is 53.7 Å². The zero-order chi connectivity index (χ0) is 12.1. The number of rotatable bonds is 5. The molecular formula is C12H18ClNO3. The molecule has 17 heavy (non-hydrogen) atoms. The molecule has 0 aliphatic heterocycles. The number of nitrogens with two attached hydrogens (primary N) is 1. The quantitative estimate of drug-likeness (QED) is 0.825. The lowest BCUT2D eigenvalue weighted by molar-refractivity contribution is 0.321. The zero-order valence-corrected chi connectivity index (χ0v) is 11.0. The fraction of sp³-hybridized carbons (Fsp3) is 0.333. The number of hydrogen-bond donors (Lipinski definition) is 1. The van der Waals surface area contributed by atoms with E-state index in [1.807, 2.05) is 6.07 Å². The first kappa shape index (κ1) is 15.6. The van der Waals surface area contributed by atoms with Gasteiger partial charge < -0.3 is 19.9 Å². The molecule has 1 aromatic rings. The molecule has 1 rings (SSSR count). The van der Waals surface area contributed by atoms with Crippen molar-refractivity contribution in [2.75, 3.05) is 21.3 Å². The Morgan fingerprint density at radius 3 is 2.12 bits per heavy atom. The second-order valence-electron chi connectivity index (χ2n) is 3.19. The van der Waals surface area contributed by atoms with Crippen LogP contribution in [0.5, 0.6) is 17.2 Å². The zero-order valence-electron chi connectivity index (χ0n) is 10.2. The van der Waals surface area contributed by atoms with E-state index in [1.165, 1.54) is 0 Å². The lowest BCUT2D eigenvalue weighted by Gasteiger charge is -2.17. The summed E-state index contributed by atoms with van der Waals surface area (Å²) in [5, 5.41) is 0. The van der Waals surface area contributed by atoms with Crippen LogP contribution >= 0.6 is 12.4 Å². The van der Waals surface area contributed by atoms with E-state index in [0.717, 1.165) is 5.56 Å². The molecule has 4 nitrogen and oxygen atoms in total. The van der Waals surface area contributed by atoms with Crippen LogP contribution in [0.4, 0.5) is 0 Å². The van der Waals surface area contributed by atoms with Crippen LogP contribution in [0.3, 0.4) is 0 Å². The summed E-state index contributed by atoms with van der Waals surface area (Å²) in [7, 11) is 4.70. The summed E-state index contributed by atoms with van der Waals surface area (Å²) in [5.41, 5.74) is 6.71. The highest BCUT2D eigenvalue weighted by molar-refractivity contribution is 5.85. The van der Waals surface area contributed by atoms with E-state index in [0.29, 0.717) is 17.2 Å². The van der Waals surface area contributed by atoms with Crippen molar-refractivity contribution in [3.63, 3.8) is 0 Å². The minimum atomic E-state index is -0.297. The van der Waals surface area contributed by atoms with Gasteiger partial charge in [0.15, 0.2) is 11.5 Å². The van der Waals surface area contributed by atoms with Crippen molar-refractivity contribution in [2.45, 2.75) is 6.04 Å². The first-order chi connectivity index (χ1) is 7.69. The number of methoxy groups -OCH3 is 3. The largest absolute Gasteiger partial charge is 0.493 e. The van der Waals surface area contributed by atoms with E-state index in [1.54, 1.807) is 33.5 Å². The maximum absolute atomic E-state index is 5.89. The SMILES string of the molecule is C=C[C@@H](N)c1ccc(OC)c(OC)c1OC.Cl. The van der Waals surface area contributed by atoms with Crippen molar-refractivity contribution in [3.8, 4) is 17.2 Å². The standard InChI is InChI=1S/C12H17NO3.ClH/c1-5-9(13)8-6-7-10(14-2)12(16-4)11(8)15-3;/h5-7,9H,1,13H2,2-4H3;1H/t9-;/m1./s1. The van der Waals surface area contributed by atoms with Crippen LogP contribution < -0.4 is 19.9 Å². The summed E-state index contributed by atoms with van der Waals surface area (Å²) in [5.74, 6) is 1.73. The van der Waals surface area contributed by atoms with E-state index >= 15 is 0 Å². The van der Waals surface area contributed by atoms with Crippen LogP contribution in [0.2, 0.25) is 0 Å². The highest BCUT2D eigenvalue weighted by atomic mass is 35.5. The fourth-order valence-corrected chi connectivity index (χ4v) is 1.51. The molecule has 0 radical (unpaired) electrons. The molecule has 0 saturated carbocycles. The smallest absolute Gasteiger partial charge is 0.203 e. The van der Waals surface area contributed by atoms with Crippen molar-refractivity contribution in [1.29, 1.82) is 0 Å². The molecule has 1 atom stereocenters. The lowest BCUT2D eigenvalue weighted by atomic mass is 10.1. The number of halogens is 1. The summed E-state index contributed by atoms with van der Waals surface area (Å²) in [6, 6.07) is 3.34. The van der Waals surface area contributed by atoms with E-state index < -0.39 is 0 Å². The first-order valence-corrected chi connectivity index (χ1v) is 4.86. The summed E-state index contributed by atoms with van der Waals surface area (Å²) in [4.78, 5) is 0. The third kappa shape index (κ3) is 3.05. The molecule has 5 heteroatoms. The molecule has 0 spiro atoms. The minimum absolute atomic E-state index is 0. The predicted molar refractivity (Wildman–Crippen MR) is 70.5 cm³/mol. The van der Waals surface area contributed by atoms with Crippen molar-refractivity contribution >= 4 is 12.4 Å². The Balaban J connectivity index is 0.00000256. The van der Waals surface area contributed by atoms with Gasteiger partial charge in [0.1, 0.15) is 0 Å². The molecule has 0 saturated heterocycles. The molecule has 0 aliphatic carbocycles. The van der Waals surface area contributed by atoms with Gasteiger partial charge in [-0.25, -0.2) is 0 Å². The van der Waals surface area contributed by atoms with Crippen molar-refractivity contribution in [2.24, 2.45) is 5.73 Å². The molecule has 1 aromatic carbocycles. The fourth-order valence-electron chi connectivity index (χ4n) is 1.51. The Morgan fingerprint density at radius 1 is 1.12 bits per heavy atom. The van der Waals surface area contributed by atoms with Crippen LogP contribution in [0.25, 0.3) is 0 Å². The lowest BCUT2D eigenvalue weighted by Crippen LogP contribution is -2.09. The summed E-state index contributed by atoms with van der Waals surface area (Å²) in [6.07, 6.45) is 1.64. The molecule has 0 aromatic heterocycles. The van der Waals surface area contributed by atoms with Gasteiger partial charge in [0, 0.05) is 5.56 Å². The van der Waals surface area contributed by atoms with Gasteiger partial charge in [0.25, 0.3) is 0 Å². The molecular weight excluding hydrogens is 242 g/mol. The van der Waals surface area contributed by atoms with Crippen molar-refractivity contribution < 1.29 is 14.2 Å². The van der Waals surface area contributed by atoms with E-state index in [2.05, 4.69) is 6.58 Å². The van der Waals surface area contributed by atoms with Crippen LogP contribution in [-0.2, 0) is 0 Å². The van der Waals surface area contributed by atoms with E-state index in [9.17, 15) is 0 Å². The Morgan fingerprint density at radius 2 is 1.71 bits per heavy atom. The van der Waals surface area contributed by atoms with Gasteiger partial charge in [0.2, 0.25) is 5.75 Å². The minimum Gasteiger partial charge on any atom is -0.493 e. The maximum Gasteiger partial charge on any atom is 0.203 e. The Labute approximate surface area is 108 Å². The van der Waals surface area contributed by atoms with Gasteiger partial charge >= 0.3 is 0 Å². The number of benzene rings is 1. The van der Waals surface area contributed by atoms with E-state index in [4.69, 9.17) is 19.9 Å². The summed E-state index contributed by atoms with van der Waals surface area (Å²) < 4.78 is 15.7. The molecule has 0 aliphatic rings. The second kappa shape index (κ2) is 7.04. The molecule has 2 N–H and O–H groups in total. The van der Waals surface area contributed by atoms with Gasteiger partial charge in [-0.05, 0) is 12.1 Å². The summed E-state index contributed by atoms with van der Waals surface area (Å²) >= 11 is 0. The molecule has 0 amide bonds. The Kier molecular flexibility index (Phi) is 6.46. The number of hydrogen-bond acceptors (Lipinski definition) is 4. The average Bonchev–Trinajstić information content (AvgIpc) is 2.35. The third-order valence-electron chi connectivity index (χ3n) is 2.35. The van der Waals surface area contributed by atoms with Gasteiger partial charge in [0.05, 0.1) is 27.4 Å². The maximum atomic E-state index is 5.89. The molecule has 0 unspecified atom stereocenters. The van der Waals surface area contributed by atoms with Crippen LogP contribution in [0, 0.1) is 0 Å². The van der Waals surface area contributed by atoms with Crippen LogP contribution in [0.1, 0.15) is 11.6 Å². The predicted octanol–water partition coefficient (Wildman–Crippen LogP) is 2.32. The average molecular weight is 260 g/mol. The highest BCUT2D eigenvalue weighted by Crippen LogP contribution is 2.41. The molecule has 0 fully saturated rings. The highest BCUT2D eigenvalue weighted by Gasteiger charge is 2.18. The van der Waals surface area contributed by atoms with Gasteiger partial charge in [-0.2, -0.15) is 0 Å². The van der Waals surface area contributed by atoms with Gasteiger partial charge in [-0.15, -0.1) is 19.0 Å². The Bertz CT molecular complexity index is 382. The molecule has 96 valence electrons.